The van der Waals surface area contributed by atoms with Crippen LogP contribution in [0, 0.1) is 11.8 Å². The van der Waals surface area contributed by atoms with Gasteiger partial charge in [0, 0.05) is 5.56 Å². The van der Waals surface area contributed by atoms with Gasteiger partial charge in [-0.1, -0.05) is 37.1 Å². The maximum atomic E-state index is 12.7. The van der Waals surface area contributed by atoms with Crippen molar-refractivity contribution in [3.8, 4) is 11.4 Å². The zero-order valence-electron chi connectivity index (χ0n) is 16.4. The highest BCUT2D eigenvalue weighted by atomic mass is 16.2. The van der Waals surface area contributed by atoms with Crippen LogP contribution in [0.3, 0.4) is 0 Å². The number of fused-ring (bicyclic) bond motifs is 2. The van der Waals surface area contributed by atoms with Crippen LogP contribution in [-0.2, 0) is 14.4 Å². The van der Waals surface area contributed by atoms with Gasteiger partial charge in [-0.15, -0.1) is 0 Å². The fourth-order valence-electron chi connectivity index (χ4n) is 4.60. The van der Waals surface area contributed by atoms with Crippen LogP contribution in [0.15, 0.2) is 48.5 Å². The Hall–Kier alpha value is -3.48. The van der Waals surface area contributed by atoms with Crippen molar-refractivity contribution < 1.29 is 14.4 Å². The number of benzene rings is 2. The Bertz CT molecular complexity index is 1100. The molecule has 3 amide bonds. The van der Waals surface area contributed by atoms with Crippen molar-refractivity contribution in [2.24, 2.45) is 11.8 Å². The molecule has 2 N–H and O–H groups in total. The first kappa shape index (κ1) is 18.5. The van der Waals surface area contributed by atoms with Gasteiger partial charge in [-0.3, -0.25) is 19.3 Å². The largest absolute Gasteiger partial charge is 0.338 e. The predicted molar refractivity (Wildman–Crippen MR) is 112 cm³/mol. The van der Waals surface area contributed by atoms with Gasteiger partial charge in [-0.25, -0.2) is 4.98 Å². The second-order valence-corrected chi connectivity index (χ2v) is 7.96. The summed E-state index contributed by atoms with van der Waals surface area (Å²) in [5.41, 5.74) is 3.07. The fourth-order valence-corrected chi connectivity index (χ4v) is 4.60. The number of likely N-dealkylation sites (tertiary alicyclic amines) is 1. The van der Waals surface area contributed by atoms with Crippen molar-refractivity contribution in [2.75, 3.05) is 11.9 Å². The quantitative estimate of drug-likeness (QED) is 0.655. The molecule has 152 valence electrons. The van der Waals surface area contributed by atoms with E-state index in [4.69, 9.17) is 0 Å². The maximum Gasteiger partial charge on any atom is 0.244 e. The van der Waals surface area contributed by atoms with E-state index in [0.717, 1.165) is 47.2 Å². The third-order valence-corrected chi connectivity index (χ3v) is 6.08. The van der Waals surface area contributed by atoms with Crippen molar-refractivity contribution in [2.45, 2.75) is 25.7 Å². The highest BCUT2D eigenvalue weighted by Crippen LogP contribution is 2.38. The van der Waals surface area contributed by atoms with E-state index in [0.29, 0.717) is 11.5 Å². The zero-order chi connectivity index (χ0) is 20.7. The lowest BCUT2D eigenvalue weighted by molar-refractivity contribution is -0.142. The van der Waals surface area contributed by atoms with Gasteiger partial charge in [0.05, 0.1) is 28.6 Å². The van der Waals surface area contributed by atoms with Gasteiger partial charge in [-0.2, -0.15) is 0 Å². The smallest absolute Gasteiger partial charge is 0.244 e. The summed E-state index contributed by atoms with van der Waals surface area (Å²) < 4.78 is 0. The van der Waals surface area contributed by atoms with E-state index >= 15 is 0 Å². The molecule has 1 aromatic heterocycles. The summed E-state index contributed by atoms with van der Waals surface area (Å²) in [5.74, 6) is -0.648. The lowest BCUT2D eigenvalue weighted by Gasteiger charge is -2.19. The Kier molecular flexibility index (Phi) is 4.58. The predicted octanol–water partition coefficient (Wildman–Crippen LogP) is 3.34. The van der Waals surface area contributed by atoms with Crippen LogP contribution < -0.4 is 5.32 Å². The van der Waals surface area contributed by atoms with Crippen molar-refractivity contribution >= 4 is 34.4 Å². The van der Waals surface area contributed by atoms with E-state index in [1.165, 1.54) is 0 Å². The number of carbonyl (C=O) groups is 3. The molecule has 1 aliphatic heterocycles. The van der Waals surface area contributed by atoms with Gasteiger partial charge in [0.1, 0.15) is 12.4 Å². The van der Waals surface area contributed by atoms with Crippen LogP contribution in [0.4, 0.5) is 5.69 Å². The molecule has 1 aliphatic carbocycles. The van der Waals surface area contributed by atoms with E-state index in [2.05, 4.69) is 15.3 Å². The van der Waals surface area contributed by atoms with Crippen molar-refractivity contribution in [3.63, 3.8) is 0 Å². The fraction of sp³-hybridized carbons (Fsp3) is 0.304. The number of rotatable bonds is 4. The molecule has 0 bridgehead atoms. The van der Waals surface area contributed by atoms with Gasteiger partial charge in [0.25, 0.3) is 0 Å². The molecule has 7 nitrogen and oxygen atoms in total. The van der Waals surface area contributed by atoms with Crippen molar-refractivity contribution in [1.82, 2.24) is 14.9 Å². The SMILES string of the molecule is O=C(CN1C(=O)[C@H]2CCCC[C@H]2C1=O)Nc1ccccc1-c1nc2ccccc2[nH]1. The van der Waals surface area contributed by atoms with Gasteiger partial charge >= 0.3 is 0 Å². The minimum atomic E-state index is -0.390. The van der Waals surface area contributed by atoms with Crippen LogP contribution >= 0.6 is 0 Å². The number of aromatic amines is 1. The standard InChI is InChI=1S/C23H22N4O3/c28-20(13-27-22(29)14-7-1-2-8-15(14)23(27)30)24-17-10-4-3-9-16(17)21-25-18-11-5-6-12-19(18)26-21/h3-6,9-12,14-15H,1-2,7-8,13H2,(H,24,28)(H,25,26)/t14-,15+. The molecule has 1 saturated heterocycles. The minimum absolute atomic E-state index is 0.203. The molecule has 2 fully saturated rings. The third-order valence-electron chi connectivity index (χ3n) is 6.08. The van der Waals surface area contributed by atoms with Gasteiger partial charge < -0.3 is 10.3 Å². The van der Waals surface area contributed by atoms with Crippen LogP contribution in [0.1, 0.15) is 25.7 Å². The number of imide groups is 1. The molecule has 3 aromatic rings. The zero-order valence-corrected chi connectivity index (χ0v) is 16.4. The van der Waals surface area contributed by atoms with Crippen LogP contribution in [0.5, 0.6) is 0 Å². The van der Waals surface area contributed by atoms with E-state index in [1.54, 1.807) is 6.07 Å². The lowest BCUT2D eigenvalue weighted by Crippen LogP contribution is -2.38. The van der Waals surface area contributed by atoms with E-state index in [-0.39, 0.29) is 36.1 Å². The Morgan fingerprint density at radius 1 is 1.00 bits per heavy atom. The van der Waals surface area contributed by atoms with Crippen LogP contribution in [0.25, 0.3) is 22.4 Å². The number of hydrogen-bond acceptors (Lipinski definition) is 4. The molecule has 0 spiro atoms. The first-order valence-electron chi connectivity index (χ1n) is 10.3. The molecule has 1 saturated carbocycles. The Morgan fingerprint density at radius 3 is 2.40 bits per heavy atom. The van der Waals surface area contributed by atoms with E-state index in [1.807, 2.05) is 42.5 Å². The van der Waals surface area contributed by atoms with Gasteiger partial charge in [-0.05, 0) is 37.1 Å². The molecule has 2 aliphatic rings. The summed E-state index contributed by atoms with van der Waals surface area (Å²) in [6.07, 6.45) is 3.40. The number of para-hydroxylation sites is 3. The first-order chi connectivity index (χ1) is 14.6. The molecule has 30 heavy (non-hydrogen) atoms. The number of imidazole rings is 1. The number of anilines is 1. The van der Waals surface area contributed by atoms with Crippen LogP contribution in [0.2, 0.25) is 0 Å². The monoisotopic (exact) mass is 402 g/mol. The number of nitrogens with zero attached hydrogens (tertiary/aromatic N) is 2. The molecular weight excluding hydrogens is 380 g/mol. The first-order valence-corrected chi connectivity index (χ1v) is 10.3. The maximum absolute atomic E-state index is 12.7. The van der Waals surface area contributed by atoms with Gasteiger partial charge in [0.2, 0.25) is 17.7 Å². The molecule has 5 rings (SSSR count). The number of amides is 3. The number of carbonyl (C=O) groups excluding carboxylic acids is 3. The molecule has 2 atom stereocenters. The van der Waals surface area contributed by atoms with Crippen molar-refractivity contribution in [3.05, 3.63) is 48.5 Å². The summed E-state index contributed by atoms with van der Waals surface area (Å²) in [4.78, 5) is 47.0. The number of H-pyrrole nitrogens is 1. The molecule has 7 heteroatoms. The minimum Gasteiger partial charge on any atom is -0.338 e. The Morgan fingerprint density at radius 2 is 1.67 bits per heavy atom. The normalized spacial score (nSPS) is 21.1. The second kappa shape index (κ2) is 7.40. The topological polar surface area (TPSA) is 95.2 Å². The molecule has 0 radical (unpaired) electrons. The molecule has 2 heterocycles. The lowest BCUT2D eigenvalue weighted by atomic mass is 9.81. The molecular formula is C23H22N4O3. The Balaban J connectivity index is 1.36. The summed E-state index contributed by atoms with van der Waals surface area (Å²) >= 11 is 0. The summed E-state index contributed by atoms with van der Waals surface area (Å²) in [6.45, 7) is -0.251. The average molecular weight is 402 g/mol. The Labute approximate surface area is 173 Å². The molecule has 0 unspecified atom stereocenters. The highest BCUT2D eigenvalue weighted by Gasteiger charge is 2.48. The number of aromatic nitrogens is 2. The average Bonchev–Trinajstić information content (AvgIpc) is 3.30. The second-order valence-electron chi connectivity index (χ2n) is 7.96. The van der Waals surface area contributed by atoms with Crippen molar-refractivity contribution in [1.29, 1.82) is 0 Å². The number of hydrogen-bond donors (Lipinski definition) is 2. The third kappa shape index (κ3) is 3.16. The molecule has 2 aromatic carbocycles. The number of nitrogens with one attached hydrogen (secondary N) is 2. The summed E-state index contributed by atoms with van der Waals surface area (Å²) in [5, 5.41) is 2.86. The summed E-state index contributed by atoms with van der Waals surface area (Å²) in [7, 11) is 0. The highest BCUT2D eigenvalue weighted by molar-refractivity contribution is 6.09. The summed E-state index contributed by atoms with van der Waals surface area (Å²) in [6, 6.07) is 15.1. The van der Waals surface area contributed by atoms with E-state index in [9.17, 15) is 14.4 Å². The van der Waals surface area contributed by atoms with Crippen LogP contribution in [-0.4, -0.2) is 39.1 Å². The van der Waals surface area contributed by atoms with E-state index < -0.39 is 0 Å². The van der Waals surface area contributed by atoms with Gasteiger partial charge in [0.15, 0.2) is 0 Å².